The van der Waals surface area contributed by atoms with Gasteiger partial charge in [-0.05, 0) is 19.4 Å². The van der Waals surface area contributed by atoms with Gasteiger partial charge in [0.15, 0.2) is 0 Å². The van der Waals surface area contributed by atoms with Crippen LogP contribution in [0.2, 0.25) is 0 Å². The lowest BCUT2D eigenvalue weighted by Gasteiger charge is -2.15. The zero-order valence-electron chi connectivity index (χ0n) is 11.0. The van der Waals surface area contributed by atoms with Crippen molar-refractivity contribution in [2.24, 2.45) is 0 Å². The maximum absolute atomic E-state index is 11.7. The van der Waals surface area contributed by atoms with E-state index in [-0.39, 0.29) is 11.6 Å². The molecule has 0 spiro atoms. The molecule has 2 aromatic rings. The van der Waals surface area contributed by atoms with Gasteiger partial charge < -0.3 is 5.32 Å². The standard InChI is InChI=1S/C14H17N3O2/c1-3-17-13(18)9-12(16-14(17)19)15-10(2)11-7-5-4-6-8-11/h4-10,15H,3H2,1-2H3,(H,16,19)/t10-/m0/s1. The first kappa shape index (κ1) is 13.1. The summed E-state index contributed by atoms with van der Waals surface area (Å²) in [5.41, 5.74) is 0.398. The Labute approximate surface area is 110 Å². The van der Waals surface area contributed by atoms with E-state index in [0.29, 0.717) is 12.4 Å². The van der Waals surface area contributed by atoms with Gasteiger partial charge in [-0.3, -0.25) is 14.3 Å². The van der Waals surface area contributed by atoms with Crippen molar-refractivity contribution in [2.75, 3.05) is 5.32 Å². The number of hydrogen-bond acceptors (Lipinski definition) is 3. The Bertz CT molecular complexity index is 627. The molecule has 5 nitrogen and oxygen atoms in total. The Morgan fingerprint density at radius 3 is 2.53 bits per heavy atom. The van der Waals surface area contributed by atoms with Crippen LogP contribution in [0, 0.1) is 0 Å². The third kappa shape index (κ3) is 2.93. The van der Waals surface area contributed by atoms with Gasteiger partial charge >= 0.3 is 5.69 Å². The Morgan fingerprint density at radius 1 is 1.26 bits per heavy atom. The number of benzene rings is 1. The largest absolute Gasteiger partial charge is 0.365 e. The van der Waals surface area contributed by atoms with Gasteiger partial charge in [-0.2, -0.15) is 0 Å². The SMILES string of the molecule is CCn1c(=O)cc(N[C@@H](C)c2ccccc2)[nH]c1=O. The minimum absolute atomic E-state index is 0.00808. The molecule has 0 saturated heterocycles. The van der Waals surface area contributed by atoms with Gasteiger partial charge in [0.2, 0.25) is 0 Å². The highest BCUT2D eigenvalue weighted by molar-refractivity contribution is 5.36. The fourth-order valence-corrected chi connectivity index (χ4v) is 1.96. The second kappa shape index (κ2) is 5.56. The molecule has 19 heavy (non-hydrogen) atoms. The molecule has 0 aliphatic heterocycles. The van der Waals surface area contributed by atoms with Crippen molar-refractivity contribution in [1.29, 1.82) is 0 Å². The van der Waals surface area contributed by atoms with Crippen molar-refractivity contribution in [3.63, 3.8) is 0 Å². The first-order valence-corrected chi connectivity index (χ1v) is 6.27. The normalized spacial score (nSPS) is 12.1. The molecule has 2 rings (SSSR count). The molecule has 0 amide bonds. The molecular formula is C14H17N3O2. The Hall–Kier alpha value is -2.30. The first-order chi connectivity index (χ1) is 9.11. The lowest BCUT2D eigenvalue weighted by molar-refractivity contribution is 0.672. The maximum atomic E-state index is 11.7. The summed E-state index contributed by atoms with van der Waals surface area (Å²) in [6.07, 6.45) is 0. The summed E-state index contributed by atoms with van der Waals surface area (Å²) in [6.45, 7) is 4.10. The zero-order valence-corrected chi connectivity index (χ0v) is 11.0. The van der Waals surface area contributed by atoms with Gasteiger partial charge in [-0.15, -0.1) is 0 Å². The van der Waals surface area contributed by atoms with Gasteiger partial charge in [0.1, 0.15) is 5.82 Å². The molecular weight excluding hydrogens is 242 g/mol. The predicted octanol–water partition coefficient (Wildman–Crippen LogP) is 1.73. The lowest BCUT2D eigenvalue weighted by Crippen LogP contribution is -2.34. The summed E-state index contributed by atoms with van der Waals surface area (Å²) in [5, 5.41) is 3.12. The van der Waals surface area contributed by atoms with Crippen LogP contribution in [-0.4, -0.2) is 9.55 Å². The molecule has 0 fully saturated rings. The lowest BCUT2D eigenvalue weighted by atomic mass is 10.1. The van der Waals surface area contributed by atoms with Crippen LogP contribution in [0.3, 0.4) is 0 Å². The van der Waals surface area contributed by atoms with E-state index in [1.54, 1.807) is 6.92 Å². The molecule has 1 aromatic heterocycles. The van der Waals surface area contributed by atoms with Crippen LogP contribution in [0.15, 0.2) is 46.0 Å². The Balaban J connectivity index is 2.25. The highest BCUT2D eigenvalue weighted by Crippen LogP contribution is 2.15. The summed E-state index contributed by atoms with van der Waals surface area (Å²) in [5.74, 6) is 0.441. The Kier molecular flexibility index (Phi) is 3.85. The minimum Gasteiger partial charge on any atom is -0.365 e. The molecule has 0 unspecified atom stereocenters. The Morgan fingerprint density at radius 2 is 1.95 bits per heavy atom. The van der Waals surface area contributed by atoms with Crippen LogP contribution < -0.4 is 16.6 Å². The number of hydrogen-bond donors (Lipinski definition) is 2. The molecule has 1 atom stereocenters. The smallest absolute Gasteiger partial charge is 0.329 e. The number of aromatic amines is 1. The number of nitrogens with one attached hydrogen (secondary N) is 2. The van der Waals surface area contributed by atoms with Crippen molar-refractivity contribution < 1.29 is 0 Å². The van der Waals surface area contributed by atoms with Crippen molar-refractivity contribution in [2.45, 2.75) is 26.4 Å². The number of anilines is 1. The summed E-state index contributed by atoms with van der Waals surface area (Å²) < 4.78 is 1.15. The van der Waals surface area contributed by atoms with Crippen LogP contribution in [0.4, 0.5) is 5.82 Å². The molecule has 0 aliphatic rings. The van der Waals surface area contributed by atoms with Gasteiger partial charge in [-0.1, -0.05) is 30.3 Å². The van der Waals surface area contributed by atoms with Gasteiger partial charge in [0, 0.05) is 18.7 Å². The fourth-order valence-electron chi connectivity index (χ4n) is 1.96. The highest BCUT2D eigenvalue weighted by Gasteiger charge is 2.07. The van der Waals surface area contributed by atoms with E-state index in [9.17, 15) is 9.59 Å². The van der Waals surface area contributed by atoms with Crippen molar-refractivity contribution in [1.82, 2.24) is 9.55 Å². The number of rotatable bonds is 4. The molecule has 1 heterocycles. The van der Waals surface area contributed by atoms with E-state index in [2.05, 4.69) is 10.3 Å². The second-order valence-corrected chi connectivity index (χ2v) is 4.35. The molecule has 100 valence electrons. The van der Waals surface area contributed by atoms with E-state index in [4.69, 9.17) is 0 Å². The van der Waals surface area contributed by atoms with Crippen LogP contribution in [-0.2, 0) is 6.54 Å². The van der Waals surface area contributed by atoms with E-state index < -0.39 is 5.69 Å². The monoisotopic (exact) mass is 259 g/mol. The van der Waals surface area contributed by atoms with Gasteiger partial charge in [0.25, 0.3) is 5.56 Å². The summed E-state index contributed by atoms with van der Waals surface area (Å²) in [4.78, 5) is 26.1. The minimum atomic E-state index is -0.391. The van der Waals surface area contributed by atoms with Gasteiger partial charge in [0.05, 0.1) is 0 Å². The topological polar surface area (TPSA) is 66.9 Å². The molecule has 0 aliphatic carbocycles. The van der Waals surface area contributed by atoms with Crippen LogP contribution in [0.25, 0.3) is 0 Å². The third-order valence-corrected chi connectivity index (χ3v) is 3.01. The van der Waals surface area contributed by atoms with Crippen molar-refractivity contribution in [3.8, 4) is 0 Å². The number of nitrogens with zero attached hydrogens (tertiary/aromatic N) is 1. The first-order valence-electron chi connectivity index (χ1n) is 6.27. The maximum Gasteiger partial charge on any atom is 0.329 e. The summed E-state index contributed by atoms with van der Waals surface area (Å²) in [6, 6.07) is 11.2. The second-order valence-electron chi connectivity index (χ2n) is 4.35. The number of H-pyrrole nitrogens is 1. The average Bonchev–Trinajstić information content (AvgIpc) is 2.39. The zero-order chi connectivity index (χ0) is 13.8. The predicted molar refractivity (Wildman–Crippen MR) is 75.5 cm³/mol. The van der Waals surface area contributed by atoms with E-state index in [1.807, 2.05) is 37.3 Å². The van der Waals surface area contributed by atoms with E-state index in [1.165, 1.54) is 6.07 Å². The molecule has 5 heteroatoms. The van der Waals surface area contributed by atoms with Crippen LogP contribution in [0.5, 0.6) is 0 Å². The molecule has 1 aromatic carbocycles. The molecule has 0 bridgehead atoms. The van der Waals surface area contributed by atoms with Crippen molar-refractivity contribution in [3.05, 3.63) is 62.8 Å². The average molecular weight is 259 g/mol. The van der Waals surface area contributed by atoms with Crippen LogP contribution >= 0.6 is 0 Å². The molecule has 0 saturated carbocycles. The summed E-state index contributed by atoms with van der Waals surface area (Å²) in [7, 11) is 0. The molecule has 0 radical (unpaired) electrons. The van der Waals surface area contributed by atoms with Gasteiger partial charge in [-0.25, -0.2) is 4.79 Å². The third-order valence-electron chi connectivity index (χ3n) is 3.01. The van der Waals surface area contributed by atoms with E-state index in [0.717, 1.165) is 10.1 Å². The van der Waals surface area contributed by atoms with E-state index >= 15 is 0 Å². The van der Waals surface area contributed by atoms with Crippen molar-refractivity contribution >= 4 is 5.82 Å². The quantitative estimate of drug-likeness (QED) is 0.878. The van der Waals surface area contributed by atoms with Crippen LogP contribution in [0.1, 0.15) is 25.5 Å². The number of aromatic nitrogens is 2. The summed E-state index contributed by atoms with van der Waals surface area (Å²) >= 11 is 0. The highest BCUT2D eigenvalue weighted by atomic mass is 16.2. The fraction of sp³-hybridized carbons (Fsp3) is 0.286. The molecule has 2 N–H and O–H groups in total.